The quantitative estimate of drug-likeness (QED) is 0.522. The number of ether oxygens (including phenoxy) is 1. The van der Waals surface area contributed by atoms with E-state index < -0.39 is 10.2 Å². The fourth-order valence-corrected chi connectivity index (χ4v) is 3.02. The van der Waals surface area contributed by atoms with Crippen molar-refractivity contribution >= 4 is 16.2 Å². The Bertz CT molecular complexity index is 736. The largest absolute Gasteiger partial charge is 0.446 e. The lowest BCUT2D eigenvalue weighted by atomic mass is 10.2. The zero-order valence-corrected chi connectivity index (χ0v) is 13.0. The molecule has 3 aromatic rings. The van der Waals surface area contributed by atoms with Gasteiger partial charge in [-0.15, -0.1) is 14.6 Å². The number of rotatable bonds is 2. The van der Waals surface area contributed by atoms with Crippen molar-refractivity contribution in [2.45, 2.75) is 0 Å². The maximum atomic E-state index is 8.49. The third-order valence-electron chi connectivity index (χ3n) is 2.67. The lowest BCUT2D eigenvalue weighted by Gasteiger charge is -2.17. The third-order valence-corrected chi connectivity index (χ3v) is 3.83. The van der Waals surface area contributed by atoms with Crippen molar-refractivity contribution < 1.29 is 38.0 Å². The standard InChI is InChI=1S/C14H12NOS.ClHO4/c1-16-14-13(11-7-3-2-4-8-11)17-12-9-5-6-10-15(12)14;2-1(3,4)5/h2-10H,1H3;(H,2,3,4,5)/q+1;/p-1. The molecule has 0 aliphatic heterocycles. The molecule has 0 N–H and O–H groups in total. The highest BCUT2D eigenvalue weighted by molar-refractivity contribution is 7.20. The molecule has 8 heteroatoms. The number of halogens is 1. The van der Waals surface area contributed by atoms with Crippen LogP contribution in [0, 0.1) is 10.2 Å². The van der Waals surface area contributed by atoms with Gasteiger partial charge in [0.15, 0.2) is 11.1 Å². The van der Waals surface area contributed by atoms with E-state index in [4.69, 9.17) is 23.4 Å². The monoisotopic (exact) mass is 341 g/mol. The van der Waals surface area contributed by atoms with Crippen molar-refractivity contribution in [1.29, 1.82) is 0 Å². The van der Waals surface area contributed by atoms with Crippen LogP contribution in [-0.4, -0.2) is 7.11 Å². The molecule has 3 rings (SSSR count). The molecule has 0 amide bonds. The average Bonchev–Trinajstić information content (AvgIpc) is 2.85. The minimum absolute atomic E-state index is 0.900. The molecule has 2 aromatic heterocycles. The summed E-state index contributed by atoms with van der Waals surface area (Å²) in [5.41, 5.74) is 1.19. The molecule has 0 unspecified atom stereocenters. The topological polar surface area (TPSA) is 106 Å². The van der Waals surface area contributed by atoms with Crippen LogP contribution < -0.4 is 27.8 Å². The molecular formula is C14H12ClNO5S. The normalized spacial score (nSPS) is 11.0. The van der Waals surface area contributed by atoms with Gasteiger partial charge in [0.25, 0.3) is 4.83 Å². The number of benzene rings is 1. The first kappa shape index (κ1) is 16.6. The first-order valence-corrected chi connectivity index (χ1v) is 8.09. The van der Waals surface area contributed by atoms with E-state index in [1.54, 1.807) is 18.4 Å². The van der Waals surface area contributed by atoms with Crippen molar-refractivity contribution in [2.75, 3.05) is 7.11 Å². The summed E-state index contributed by atoms with van der Waals surface area (Å²) in [5, 5.41) is 0. The number of methoxy groups -OCH3 is 1. The summed E-state index contributed by atoms with van der Waals surface area (Å²) in [7, 11) is -3.23. The Hall–Kier alpha value is -1.74. The van der Waals surface area contributed by atoms with Gasteiger partial charge in [-0.1, -0.05) is 41.7 Å². The highest BCUT2D eigenvalue weighted by atomic mass is 35.7. The number of nitrogens with zero attached hydrogens (tertiary/aromatic N) is 1. The molecule has 1 aromatic carbocycles. The molecular weight excluding hydrogens is 330 g/mol. The Labute approximate surface area is 132 Å². The fourth-order valence-electron chi connectivity index (χ4n) is 1.90. The number of thiazole rings is 1. The van der Waals surface area contributed by atoms with E-state index >= 15 is 0 Å². The summed E-state index contributed by atoms with van der Waals surface area (Å²) < 4.78 is 41.6. The van der Waals surface area contributed by atoms with Gasteiger partial charge in [0.05, 0.1) is 7.11 Å². The maximum absolute atomic E-state index is 8.49. The summed E-state index contributed by atoms with van der Waals surface area (Å²) in [6.07, 6.45) is 2.02. The first-order valence-electron chi connectivity index (χ1n) is 6.04. The zero-order chi connectivity index (χ0) is 16.2. The van der Waals surface area contributed by atoms with Crippen LogP contribution in [0.3, 0.4) is 0 Å². The highest BCUT2D eigenvalue weighted by Crippen LogP contribution is 2.34. The van der Waals surface area contributed by atoms with Crippen molar-refractivity contribution in [1.82, 2.24) is 0 Å². The Morgan fingerprint density at radius 1 is 0.955 bits per heavy atom. The number of hydrogen-bond acceptors (Lipinski definition) is 6. The molecule has 22 heavy (non-hydrogen) atoms. The van der Waals surface area contributed by atoms with E-state index in [2.05, 4.69) is 22.6 Å². The van der Waals surface area contributed by atoms with E-state index in [0.29, 0.717) is 0 Å². The van der Waals surface area contributed by atoms with Gasteiger partial charge in [0, 0.05) is 17.7 Å². The van der Waals surface area contributed by atoms with Gasteiger partial charge in [-0.2, -0.15) is 0 Å². The molecule has 0 radical (unpaired) electrons. The molecule has 0 aliphatic rings. The Kier molecular flexibility index (Phi) is 5.30. The number of fused-ring (bicyclic) bond motifs is 1. The zero-order valence-electron chi connectivity index (χ0n) is 11.5. The summed E-state index contributed by atoms with van der Waals surface area (Å²) >= 11 is 1.74. The van der Waals surface area contributed by atoms with Crippen LogP contribution in [0.1, 0.15) is 0 Å². The molecule has 6 nitrogen and oxygen atoms in total. The van der Waals surface area contributed by atoms with Gasteiger partial charge in [-0.25, -0.2) is 18.6 Å². The van der Waals surface area contributed by atoms with Crippen LogP contribution in [0.15, 0.2) is 54.7 Å². The molecule has 0 saturated carbocycles. The molecule has 0 saturated heterocycles. The number of pyridine rings is 1. The molecule has 2 heterocycles. The molecule has 0 bridgehead atoms. The molecule has 0 aliphatic carbocycles. The minimum Gasteiger partial charge on any atom is -0.446 e. The van der Waals surface area contributed by atoms with E-state index in [0.717, 1.165) is 5.88 Å². The molecule has 0 spiro atoms. The summed E-state index contributed by atoms with van der Waals surface area (Å²) in [6.45, 7) is 0. The summed E-state index contributed by atoms with van der Waals surface area (Å²) in [5.74, 6) is 0.900. The van der Waals surface area contributed by atoms with Crippen LogP contribution in [0.2, 0.25) is 0 Å². The van der Waals surface area contributed by atoms with E-state index in [9.17, 15) is 0 Å². The summed E-state index contributed by atoms with van der Waals surface area (Å²) in [6, 6.07) is 16.5. The lowest BCUT2D eigenvalue weighted by molar-refractivity contribution is -2.00. The number of hydrogen-bond donors (Lipinski definition) is 0. The number of aromatic nitrogens is 1. The smallest absolute Gasteiger partial charge is 0.392 e. The lowest BCUT2D eigenvalue weighted by Crippen LogP contribution is -2.68. The van der Waals surface area contributed by atoms with E-state index in [-0.39, 0.29) is 0 Å². The second kappa shape index (κ2) is 7.01. The fraction of sp³-hybridized carbons (Fsp3) is 0.0714. The molecule has 0 fully saturated rings. The second-order valence-corrected chi connectivity index (χ2v) is 5.88. The highest BCUT2D eigenvalue weighted by Gasteiger charge is 2.22. The van der Waals surface area contributed by atoms with Crippen molar-refractivity contribution in [3.63, 3.8) is 0 Å². The van der Waals surface area contributed by atoms with Crippen LogP contribution >= 0.6 is 11.3 Å². The second-order valence-electron chi connectivity index (χ2n) is 4.09. The Morgan fingerprint density at radius 3 is 2.14 bits per heavy atom. The van der Waals surface area contributed by atoms with Gasteiger partial charge in [0.1, 0.15) is 0 Å². The molecule has 0 atom stereocenters. The van der Waals surface area contributed by atoms with Crippen LogP contribution in [0.5, 0.6) is 5.88 Å². The molecule has 116 valence electrons. The van der Waals surface area contributed by atoms with Crippen LogP contribution in [-0.2, 0) is 0 Å². The van der Waals surface area contributed by atoms with E-state index in [1.807, 2.05) is 36.5 Å². The van der Waals surface area contributed by atoms with Gasteiger partial charge in [-0.05, 0) is 6.07 Å². The third kappa shape index (κ3) is 4.38. The van der Waals surface area contributed by atoms with Crippen molar-refractivity contribution in [3.8, 4) is 16.3 Å². The first-order chi connectivity index (χ1) is 10.4. The maximum Gasteiger partial charge on any atom is 0.392 e. The van der Waals surface area contributed by atoms with Gasteiger partial charge >= 0.3 is 5.88 Å². The van der Waals surface area contributed by atoms with Crippen molar-refractivity contribution in [3.05, 3.63) is 54.7 Å². The Morgan fingerprint density at radius 2 is 1.55 bits per heavy atom. The minimum atomic E-state index is -4.94. The predicted molar refractivity (Wildman–Crippen MR) is 69.5 cm³/mol. The summed E-state index contributed by atoms with van der Waals surface area (Å²) in [4.78, 5) is 2.35. The van der Waals surface area contributed by atoms with E-state index in [1.165, 1.54) is 15.3 Å². The SMILES string of the molecule is COc1c(-c2ccccc2)sc2cccc[n+]12.[O-][Cl+3]([O-])([O-])[O-]. The Balaban J connectivity index is 0.000000309. The van der Waals surface area contributed by atoms with Crippen LogP contribution in [0.25, 0.3) is 15.3 Å². The van der Waals surface area contributed by atoms with Crippen molar-refractivity contribution in [2.24, 2.45) is 0 Å². The van der Waals surface area contributed by atoms with Gasteiger partial charge in [0.2, 0.25) is 0 Å². The van der Waals surface area contributed by atoms with Gasteiger partial charge < -0.3 is 4.74 Å². The average molecular weight is 342 g/mol. The predicted octanol–water partition coefficient (Wildman–Crippen LogP) is -1.59. The van der Waals surface area contributed by atoms with Crippen LogP contribution in [0.4, 0.5) is 0 Å². The van der Waals surface area contributed by atoms with Gasteiger partial charge in [-0.3, -0.25) is 0 Å².